The van der Waals surface area contributed by atoms with Gasteiger partial charge >= 0.3 is 0 Å². The molecular formula is C22H37IO. The van der Waals surface area contributed by atoms with Crippen molar-refractivity contribution in [2.75, 3.05) is 4.43 Å². The van der Waals surface area contributed by atoms with Gasteiger partial charge in [0.15, 0.2) is 0 Å². The van der Waals surface area contributed by atoms with E-state index < -0.39 is 0 Å². The van der Waals surface area contributed by atoms with Crippen molar-refractivity contribution in [1.29, 1.82) is 0 Å². The van der Waals surface area contributed by atoms with E-state index in [2.05, 4.69) is 43.4 Å². The summed E-state index contributed by atoms with van der Waals surface area (Å²) in [7, 11) is 0. The minimum Gasteiger partial charge on any atom is -0.393 e. The topological polar surface area (TPSA) is 20.2 Å². The Labute approximate surface area is 162 Å². The highest BCUT2D eigenvalue weighted by molar-refractivity contribution is 14.1. The zero-order valence-corrected chi connectivity index (χ0v) is 18.1. The van der Waals surface area contributed by atoms with E-state index in [1.54, 1.807) is 0 Å². The summed E-state index contributed by atoms with van der Waals surface area (Å²) in [5.74, 6) is 4.83. The van der Waals surface area contributed by atoms with Crippen molar-refractivity contribution < 1.29 is 5.11 Å². The van der Waals surface area contributed by atoms with E-state index in [1.165, 1.54) is 55.8 Å². The summed E-state index contributed by atoms with van der Waals surface area (Å²) < 4.78 is 1.28. The molecule has 0 heterocycles. The number of hydrogen-bond acceptors (Lipinski definition) is 1. The lowest BCUT2D eigenvalue weighted by Crippen LogP contribution is -2.60. The number of aliphatic hydroxyl groups excluding tert-OH is 1. The monoisotopic (exact) mass is 444 g/mol. The molecule has 4 aliphatic carbocycles. The van der Waals surface area contributed by atoms with Gasteiger partial charge in [0.25, 0.3) is 0 Å². The van der Waals surface area contributed by atoms with E-state index in [0.29, 0.717) is 16.7 Å². The third kappa shape index (κ3) is 2.40. The Morgan fingerprint density at radius 3 is 2.58 bits per heavy atom. The molecule has 0 aromatic carbocycles. The van der Waals surface area contributed by atoms with Crippen LogP contribution in [0.5, 0.6) is 0 Å². The molecule has 4 saturated carbocycles. The summed E-state index contributed by atoms with van der Waals surface area (Å²) >= 11 is 2.56. The van der Waals surface area contributed by atoms with Gasteiger partial charge in [-0.3, -0.25) is 0 Å². The van der Waals surface area contributed by atoms with Gasteiger partial charge in [0.1, 0.15) is 0 Å². The Morgan fingerprint density at radius 1 is 1.04 bits per heavy atom. The van der Waals surface area contributed by atoms with E-state index in [0.717, 1.165) is 36.0 Å². The maximum Gasteiger partial charge on any atom is 0.0582 e. The molecule has 4 fully saturated rings. The number of fused-ring (bicyclic) bond motifs is 5. The maximum atomic E-state index is 11.4. The van der Waals surface area contributed by atoms with Gasteiger partial charge in [-0.2, -0.15) is 0 Å². The Balaban J connectivity index is 1.67. The molecule has 4 aliphatic rings. The highest BCUT2D eigenvalue weighted by Crippen LogP contribution is 2.68. The number of halogens is 1. The normalized spacial score (nSPS) is 57.1. The van der Waals surface area contributed by atoms with Gasteiger partial charge in [-0.25, -0.2) is 0 Å². The van der Waals surface area contributed by atoms with Crippen LogP contribution < -0.4 is 0 Å². The fourth-order valence-corrected chi connectivity index (χ4v) is 9.24. The molecule has 0 amide bonds. The van der Waals surface area contributed by atoms with Gasteiger partial charge in [-0.15, -0.1) is 0 Å². The molecule has 2 heteroatoms. The summed E-state index contributed by atoms with van der Waals surface area (Å²) in [5.41, 5.74) is 0.829. The second kappa shape index (κ2) is 6.39. The first-order valence-electron chi connectivity index (χ1n) is 10.7. The molecule has 0 aromatic heterocycles. The van der Waals surface area contributed by atoms with Crippen molar-refractivity contribution in [3.63, 3.8) is 0 Å². The average molecular weight is 444 g/mol. The summed E-state index contributed by atoms with van der Waals surface area (Å²) in [6.45, 7) is 7.64. The third-order valence-corrected chi connectivity index (χ3v) is 10.4. The molecular weight excluding hydrogens is 407 g/mol. The molecule has 1 N–H and O–H groups in total. The fourth-order valence-electron chi connectivity index (χ4n) is 8.48. The first-order valence-corrected chi connectivity index (χ1v) is 12.2. The van der Waals surface area contributed by atoms with Gasteiger partial charge in [-0.1, -0.05) is 56.2 Å². The van der Waals surface area contributed by atoms with Crippen LogP contribution in [0.25, 0.3) is 0 Å². The molecule has 138 valence electrons. The minimum absolute atomic E-state index is 0.0422. The van der Waals surface area contributed by atoms with Crippen LogP contribution in [0.15, 0.2) is 0 Å². The van der Waals surface area contributed by atoms with Gasteiger partial charge in [0, 0.05) is 0 Å². The van der Waals surface area contributed by atoms with Gasteiger partial charge < -0.3 is 5.11 Å². The predicted octanol–water partition coefficient (Wildman–Crippen LogP) is 6.08. The summed E-state index contributed by atoms with van der Waals surface area (Å²) in [6.07, 6.45) is 12.4. The molecule has 0 radical (unpaired) electrons. The van der Waals surface area contributed by atoms with Gasteiger partial charge in [0.05, 0.1) is 6.10 Å². The smallest absolute Gasteiger partial charge is 0.0582 e. The Hall–Kier alpha value is 0.690. The van der Waals surface area contributed by atoms with E-state index in [4.69, 9.17) is 0 Å². The number of alkyl halides is 1. The van der Waals surface area contributed by atoms with E-state index >= 15 is 0 Å². The Morgan fingerprint density at radius 2 is 1.83 bits per heavy atom. The second-order valence-electron chi connectivity index (χ2n) is 10.3. The lowest BCUT2D eigenvalue weighted by Gasteiger charge is -2.64. The molecule has 1 nitrogen and oxygen atoms in total. The zero-order valence-electron chi connectivity index (χ0n) is 15.9. The van der Waals surface area contributed by atoms with Crippen LogP contribution in [-0.2, 0) is 0 Å². The van der Waals surface area contributed by atoms with Crippen molar-refractivity contribution >= 4 is 22.6 Å². The largest absolute Gasteiger partial charge is 0.393 e. The van der Waals surface area contributed by atoms with Crippen molar-refractivity contribution in [1.82, 2.24) is 0 Å². The van der Waals surface area contributed by atoms with Gasteiger partial charge in [-0.05, 0) is 95.7 Å². The summed E-state index contributed by atoms with van der Waals surface area (Å²) in [5, 5.41) is 11.4. The maximum absolute atomic E-state index is 11.4. The second-order valence-corrected chi connectivity index (χ2v) is 11.4. The van der Waals surface area contributed by atoms with Crippen LogP contribution in [0.3, 0.4) is 0 Å². The van der Waals surface area contributed by atoms with Crippen LogP contribution in [0.1, 0.15) is 78.6 Å². The standard InChI is InChI=1S/C22H37IO/c1-14-5-4-6-16-7-9-17-18-10-8-15(11-12-23)21(18,2)13-19(24)20(17)22(14,16)3/h14-20,24H,4-13H2,1-3H3/t14?,15-,16?,17+,18+,19?,20-,21-,22+/m1/s1. The number of rotatable bonds is 2. The Bertz CT molecular complexity index is 479. The van der Waals surface area contributed by atoms with Crippen LogP contribution >= 0.6 is 22.6 Å². The zero-order chi connectivity index (χ0) is 17.1. The van der Waals surface area contributed by atoms with E-state index in [1.807, 2.05) is 0 Å². The third-order valence-electron chi connectivity index (χ3n) is 9.80. The van der Waals surface area contributed by atoms with Crippen LogP contribution in [0, 0.1) is 46.3 Å². The summed E-state index contributed by atoms with van der Waals surface area (Å²) in [4.78, 5) is 0. The van der Waals surface area contributed by atoms with E-state index in [9.17, 15) is 5.11 Å². The van der Waals surface area contributed by atoms with Crippen LogP contribution in [0.4, 0.5) is 0 Å². The van der Waals surface area contributed by atoms with E-state index in [-0.39, 0.29) is 6.10 Å². The first kappa shape index (κ1) is 18.1. The molecule has 24 heavy (non-hydrogen) atoms. The molecule has 0 aromatic rings. The lowest BCUT2D eigenvalue weighted by molar-refractivity contribution is -0.185. The molecule has 0 bridgehead atoms. The van der Waals surface area contributed by atoms with Crippen LogP contribution in [-0.4, -0.2) is 15.6 Å². The first-order chi connectivity index (χ1) is 11.4. The van der Waals surface area contributed by atoms with Crippen molar-refractivity contribution in [2.24, 2.45) is 46.3 Å². The van der Waals surface area contributed by atoms with Crippen molar-refractivity contribution in [2.45, 2.75) is 84.7 Å². The molecule has 0 spiro atoms. The van der Waals surface area contributed by atoms with Crippen molar-refractivity contribution in [3.8, 4) is 0 Å². The lowest BCUT2D eigenvalue weighted by atomic mass is 9.42. The fraction of sp³-hybridized carbons (Fsp3) is 1.00. The SMILES string of the molecule is CC1CCCC2CC[C@@H]3[C@H](C(O)C[C@]4(C)[C@@H](CCI)CC[C@@H]34)[C@@]12C. The molecule has 0 saturated heterocycles. The number of aliphatic hydroxyl groups is 1. The molecule has 0 aliphatic heterocycles. The highest BCUT2D eigenvalue weighted by Gasteiger charge is 2.63. The molecule has 4 rings (SSSR count). The molecule has 9 atom stereocenters. The van der Waals surface area contributed by atoms with Gasteiger partial charge in [0.2, 0.25) is 0 Å². The van der Waals surface area contributed by atoms with Crippen molar-refractivity contribution in [3.05, 3.63) is 0 Å². The number of hydrogen-bond donors (Lipinski definition) is 1. The van der Waals surface area contributed by atoms with Crippen LogP contribution in [0.2, 0.25) is 0 Å². The molecule has 3 unspecified atom stereocenters. The minimum atomic E-state index is -0.0422. The highest BCUT2D eigenvalue weighted by atomic mass is 127. The quantitative estimate of drug-likeness (QED) is 0.405. The summed E-state index contributed by atoms with van der Waals surface area (Å²) in [6, 6.07) is 0. The predicted molar refractivity (Wildman–Crippen MR) is 109 cm³/mol. The average Bonchev–Trinajstić information content (AvgIpc) is 2.85. The Kier molecular flexibility index (Phi) is 4.81.